The Morgan fingerprint density at radius 2 is 2.00 bits per heavy atom. The highest BCUT2D eigenvalue weighted by Crippen LogP contribution is 2.28. The van der Waals surface area contributed by atoms with E-state index in [-0.39, 0.29) is 5.41 Å². The van der Waals surface area contributed by atoms with E-state index in [4.69, 9.17) is 0 Å². The fraction of sp³-hybridized carbons (Fsp3) is 0.533. The molecule has 1 heterocycles. The standard InChI is InChI=1S/C15H21NOS2/c1-11(9-15(2,3)4)10-19(17)14-16-12-7-5-6-8-13(12)18-14/h5-8,11H,9-10H2,1-4H3. The van der Waals surface area contributed by atoms with Gasteiger partial charge in [0, 0.05) is 5.75 Å². The summed E-state index contributed by atoms with van der Waals surface area (Å²) in [6, 6.07) is 7.98. The van der Waals surface area contributed by atoms with Gasteiger partial charge in [-0.1, -0.05) is 39.8 Å². The lowest BCUT2D eigenvalue weighted by Gasteiger charge is -2.22. The Morgan fingerprint density at radius 3 is 2.63 bits per heavy atom. The van der Waals surface area contributed by atoms with Crippen LogP contribution in [-0.2, 0) is 10.8 Å². The molecule has 2 nitrogen and oxygen atoms in total. The second-order valence-corrected chi connectivity index (χ2v) is 9.03. The summed E-state index contributed by atoms with van der Waals surface area (Å²) >= 11 is 1.55. The number of hydrogen-bond acceptors (Lipinski definition) is 3. The van der Waals surface area contributed by atoms with Crippen LogP contribution >= 0.6 is 11.3 Å². The van der Waals surface area contributed by atoms with Gasteiger partial charge in [-0.05, 0) is 29.9 Å². The zero-order valence-corrected chi connectivity index (χ0v) is 13.6. The van der Waals surface area contributed by atoms with Gasteiger partial charge in [-0.15, -0.1) is 11.3 Å². The zero-order valence-electron chi connectivity index (χ0n) is 12.0. The molecular formula is C15H21NOS2. The summed E-state index contributed by atoms with van der Waals surface area (Å²) in [6.07, 6.45) is 1.09. The molecule has 2 atom stereocenters. The Balaban J connectivity index is 2.07. The van der Waals surface area contributed by atoms with E-state index in [0.29, 0.717) is 11.7 Å². The minimum absolute atomic E-state index is 0.289. The maximum absolute atomic E-state index is 12.4. The van der Waals surface area contributed by atoms with Crippen LogP contribution in [0.4, 0.5) is 0 Å². The van der Waals surface area contributed by atoms with E-state index in [9.17, 15) is 4.21 Å². The molecular weight excluding hydrogens is 274 g/mol. The van der Waals surface area contributed by atoms with Gasteiger partial charge in [0.15, 0.2) is 4.34 Å². The summed E-state index contributed by atoms with van der Waals surface area (Å²) in [5, 5.41) is 0. The SMILES string of the molecule is CC(CS(=O)c1nc2ccccc2s1)CC(C)(C)C. The fourth-order valence-electron chi connectivity index (χ4n) is 2.38. The third-order valence-corrected chi connectivity index (χ3v) is 5.86. The molecule has 0 aliphatic rings. The number of benzene rings is 1. The lowest BCUT2D eigenvalue weighted by atomic mass is 9.86. The molecule has 104 valence electrons. The van der Waals surface area contributed by atoms with Crippen LogP contribution in [0, 0.1) is 11.3 Å². The topological polar surface area (TPSA) is 30.0 Å². The third kappa shape index (κ3) is 4.11. The summed E-state index contributed by atoms with van der Waals surface area (Å²) in [5.41, 5.74) is 1.25. The van der Waals surface area contributed by atoms with Crippen molar-refractivity contribution in [3.63, 3.8) is 0 Å². The van der Waals surface area contributed by atoms with Crippen LogP contribution in [0.2, 0.25) is 0 Å². The fourth-order valence-corrected chi connectivity index (χ4v) is 4.90. The van der Waals surface area contributed by atoms with Crippen LogP contribution in [-0.4, -0.2) is 14.9 Å². The highest BCUT2D eigenvalue weighted by atomic mass is 32.2. The van der Waals surface area contributed by atoms with Crippen molar-refractivity contribution in [3.8, 4) is 0 Å². The molecule has 0 amide bonds. The lowest BCUT2D eigenvalue weighted by molar-refractivity contribution is 0.322. The van der Waals surface area contributed by atoms with Gasteiger partial charge in [-0.2, -0.15) is 0 Å². The molecule has 0 aliphatic carbocycles. The first-order chi connectivity index (χ1) is 8.85. The number of aromatic nitrogens is 1. The summed E-state index contributed by atoms with van der Waals surface area (Å²) in [5.74, 6) is 1.16. The zero-order chi connectivity index (χ0) is 14.0. The Bertz CT molecular complexity index is 550. The van der Waals surface area contributed by atoms with Crippen molar-refractivity contribution in [2.24, 2.45) is 11.3 Å². The van der Waals surface area contributed by atoms with E-state index < -0.39 is 10.8 Å². The van der Waals surface area contributed by atoms with Gasteiger partial charge in [0.25, 0.3) is 0 Å². The molecule has 0 N–H and O–H groups in total. The Hall–Kier alpha value is -0.740. The largest absolute Gasteiger partial charge is 0.252 e. The Labute approximate surface area is 121 Å². The minimum atomic E-state index is -0.973. The van der Waals surface area contributed by atoms with Crippen molar-refractivity contribution in [3.05, 3.63) is 24.3 Å². The van der Waals surface area contributed by atoms with Gasteiger partial charge in [0.2, 0.25) is 0 Å². The normalized spacial score (nSPS) is 15.6. The predicted molar refractivity (Wildman–Crippen MR) is 84.1 cm³/mol. The predicted octanol–water partition coefficient (Wildman–Crippen LogP) is 4.48. The summed E-state index contributed by atoms with van der Waals surface area (Å²) in [4.78, 5) is 4.48. The van der Waals surface area contributed by atoms with E-state index in [1.807, 2.05) is 24.3 Å². The van der Waals surface area contributed by atoms with Crippen molar-refractivity contribution in [1.82, 2.24) is 4.98 Å². The number of para-hydroxylation sites is 1. The number of rotatable bonds is 4. The number of thiazole rings is 1. The van der Waals surface area contributed by atoms with Crippen LogP contribution in [0.3, 0.4) is 0 Å². The number of hydrogen-bond donors (Lipinski definition) is 0. The first-order valence-electron chi connectivity index (χ1n) is 6.59. The average Bonchev–Trinajstić information content (AvgIpc) is 2.69. The van der Waals surface area contributed by atoms with Crippen LogP contribution in [0.5, 0.6) is 0 Å². The van der Waals surface area contributed by atoms with Gasteiger partial charge in [0.1, 0.15) is 0 Å². The van der Waals surface area contributed by atoms with Crippen molar-refractivity contribution in [2.45, 2.75) is 38.5 Å². The summed E-state index contributed by atoms with van der Waals surface area (Å²) in [7, 11) is -0.973. The molecule has 0 saturated carbocycles. The highest BCUT2D eigenvalue weighted by molar-refractivity contribution is 7.87. The van der Waals surface area contributed by atoms with Crippen molar-refractivity contribution < 1.29 is 4.21 Å². The molecule has 0 spiro atoms. The van der Waals surface area contributed by atoms with Crippen molar-refractivity contribution >= 4 is 32.4 Å². The van der Waals surface area contributed by atoms with E-state index in [1.165, 1.54) is 0 Å². The molecule has 1 aromatic heterocycles. The first kappa shape index (κ1) is 14.7. The van der Waals surface area contributed by atoms with Gasteiger partial charge in [-0.3, -0.25) is 4.21 Å². The molecule has 2 aromatic rings. The van der Waals surface area contributed by atoms with Gasteiger partial charge >= 0.3 is 0 Å². The number of nitrogens with zero attached hydrogens (tertiary/aromatic N) is 1. The molecule has 0 fully saturated rings. The van der Waals surface area contributed by atoms with Gasteiger partial charge in [-0.25, -0.2) is 4.98 Å². The van der Waals surface area contributed by atoms with Crippen LogP contribution in [0.15, 0.2) is 28.6 Å². The third-order valence-electron chi connectivity index (χ3n) is 2.87. The summed E-state index contributed by atoms with van der Waals surface area (Å²) in [6.45, 7) is 8.86. The maximum Gasteiger partial charge on any atom is 0.181 e. The molecule has 1 aromatic carbocycles. The van der Waals surface area contributed by atoms with E-state index in [1.54, 1.807) is 11.3 Å². The Kier molecular flexibility index (Phi) is 4.41. The van der Waals surface area contributed by atoms with Crippen LogP contribution in [0.1, 0.15) is 34.1 Å². The molecule has 0 aliphatic heterocycles. The molecule has 2 unspecified atom stereocenters. The smallest absolute Gasteiger partial charge is 0.181 e. The lowest BCUT2D eigenvalue weighted by Crippen LogP contribution is -2.16. The molecule has 19 heavy (non-hydrogen) atoms. The first-order valence-corrected chi connectivity index (χ1v) is 8.73. The van der Waals surface area contributed by atoms with Crippen LogP contribution in [0.25, 0.3) is 10.2 Å². The molecule has 4 heteroatoms. The van der Waals surface area contributed by atoms with Crippen molar-refractivity contribution in [2.75, 3.05) is 5.75 Å². The molecule has 2 rings (SSSR count). The monoisotopic (exact) mass is 295 g/mol. The second kappa shape index (κ2) is 5.71. The summed E-state index contributed by atoms with van der Waals surface area (Å²) < 4.78 is 14.3. The Morgan fingerprint density at radius 1 is 1.32 bits per heavy atom. The van der Waals surface area contributed by atoms with Gasteiger partial charge < -0.3 is 0 Å². The molecule has 0 radical (unpaired) electrons. The number of fused-ring (bicyclic) bond motifs is 1. The molecule has 0 bridgehead atoms. The van der Waals surface area contributed by atoms with E-state index >= 15 is 0 Å². The maximum atomic E-state index is 12.4. The van der Waals surface area contributed by atoms with E-state index in [2.05, 4.69) is 32.7 Å². The van der Waals surface area contributed by atoms with E-state index in [0.717, 1.165) is 21.0 Å². The molecule has 0 saturated heterocycles. The van der Waals surface area contributed by atoms with Crippen molar-refractivity contribution in [1.29, 1.82) is 0 Å². The second-order valence-electron chi connectivity index (χ2n) is 6.33. The minimum Gasteiger partial charge on any atom is -0.252 e. The highest BCUT2D eigenvalue weighted by Gasteiger charge is 2.19. The average molecular weight is 295 g/mol. The van der Waals surface area contributed by atoms with Crippen LogP contribution < -0.4 is 0 Å². The van der Waals surface area contributed by atoms with Gasteiger partial charge in [0.05, 0.1) is 21.0 Å². The quantitative estimate of drug-likeness (QED) is 0.832.